The molecule has 2 aromatic carbocycles. The first kappa shape index (κ1) is 16.9. The van der Waals surface area contributed by atoms with E-state index in [1.165, 1.54) is 6.92 Å². The Morgan fingerprint density at radius 1 is 0.960 bits per heavy atom. The standard InChI is InChI=1S/C18H16BrN5O/c1-12(25)21-13-6-8-14(9-7-13)22-17-10-11-20-18(24-17)23-16-5-3-2-4-15(16)19/h2-11H,1H3,(H,21,25)(H2,20,22,23,24). The van der Waals surface area contributed by atoms with Crippen molar-refractivity contribution in [2.24, 2.45) is 0 Å². The second-order valence-corrected chi connectivity index (χ2v) is 6.11. The topological polar surface area (TPSA) is 78.9 Å². The van der Waals surface area contributed by atoms with Gasteiger partial charge in [-0.3, -0.25) is 4.79 Å². The summed E-state index contributed by atoms with van der Waals surface area (Å²) in [6.07, 6.45) is 1.68. The van der Waals surface area contributed by atoms with Crippen LogP contribution in [0.2, 0.25) is 0 Å². The van der Waals surface area contributed by atoms with Gasteiger partial charge in [-0.05, 0) is 58.4 Å². The van der Waals surface area contributed by atoms with Crippen LogP contribution in [0, 0.1) is 0 Å². The molecule has 0 saturated carbocycles. The molecular formula is C18H16BrN5O. The number of benzene rings is 2. The van der Waals surface area contributed by atoms with Gasteiger partial charge in [-0.1, -0.05) is 12.1 Å². The molecule has 1 aromatic heterocycles. The number of para-hydroxylation sites is 1. The average molecular weight is 398 g/mol. The predicted octanol–water partition coefficient (Wildman–Crippen LogP) is 4.68. The Hall–Kier alpha value is -2.93. The summed E-state index contributed by atoms with van der Waals surface area (Å²) in [6, 6.07) is 16.9. The summed E-state index contributed by atoms with van der Waals surface area (Å²) >= 11 is 3.49. The highest BCUT2D eigenvalue weighted by atomic mass is 79.9. The monoisotopic (exact) mass is 397 g/mol. The highest BCUT2D eigenvalue weighted by Gasteiger charge is 2.04. The minimum atomic E-state index is -0.0979. The van der Waals surface area contributed by atoms with Gasteiger partial charge >= 0.3 is 0 Å². The lowest BCUT2D eigenvalue weighted by Gasteiger charge is -2.10. The van der Waals surface area contributed by atoms with Crippen molar-refractivity contribution < 1.29 is 4.79 Å². The lowest BCUT2D eigenvalue weighted by atomic mass is 10.2. The zero-order chi connectivity index (χ0) is 17.6. The van der Waals surface area contributed by atoms with E-state index in [4.69, 9.17) is 0 Å². The molecule has 6 nitrogen and oxygen atoms in total. The van der Waals surface area contributed by atoms with Gasteiger partial charge in [-0.2, -0.15) is 4.98 Å². The Labute approximate surface area is 153 Å². The molecule has 0 bridgehead atoms. The first-order valence-corrected chi connectivity index (χ1v) is 8.39. The molecule has 0 atom stereocenters. The van der Waals surface area contributed by atoms with Gasteiger partial charge in [0.1, 0.15) is 5.82 Å². The smallest absolute Gasteiger partial charge is 0.229 e. The van der Waals surface area contributed by atoms with Crippen LogP contribution < -0.4 is 16.0 Å². The molecule has 0 unspecified atom stereocenters. The van der Waals surface area contributed by atoms with Gasteiger partial charge in [-0.15, -0.1) is 0 Å². The predicted molar refractivity (Wildman–Crippen MR) is 103 cm³/mol. The quantitative estimate of drug-likeness (QED) is 0.582. The zero-order valence-corrected chi connectivity index (χ0v) is 15.0. The van der Waals surface area contributed by atoms with Crippen molar-refractivity contribution in [1.82, 2.24) is 9.97 Å². The Kier molecular flexibility index (Phi) is 5.25. The minimum Gasteiger partial charge on any atom is -0.340 e. The van der Waals surface area contributed by atoms with Gasteiger partial charge < -0.3 is 16.0 Å². The molecule has 0 saturated heterocycles. The van der Waals surface area contributed by atoms with Crippen LogP contribution in [-0.4, -0.2) is 15.9 Å². The number of halogens is 1. The molecule has 3 aromatic rings. The van der Waals surface area contributed by atoms with Crippen LogP contribution >= 0.6 is 15.9 Å². The molecule has 1 amide bonds. The number of hydrogen-bond donors (Lipinski definition) is 3. The van der Waals surface area contributed by atoms with Crippen LogP contribution in [0.15, 0.2) is 65.3 Å². The molecule has 3 rings (SSSR count). The lowest BCUT2D eigenvalue weighted by Crippen LogP contribution is -2.05. The number of rotatable bonds is 5. The number of nitrogens with zero attached hydrogens (tertiary/aromatic N) is 2. The van der Waals surface area contributed by atoms with Crippen LogP contribution in [-0.2, 0) is 4.79 Å². The normalized spacial score (nSPS) is 10.2. The molecule has 0 spiro atoms. The SMILES string of the molecule is CC(=O)Nc1ccc(Nc2ccnc(Nc3ccccc3Br)n2)cc1. The van der Waals surface area contributed by atoms with Crippen molar-refractivity contribution in [2.45, 2.75) is 6.92 Å². The van der Waals surface area contributed by atoms with E-state index >= 15 is 0 Å². The number of carbonyl (C=O) groups excluding carboxylic acids is 1. The van der Waals surface area contributed by atoms with Crippen molar-refractivity contribution in [3.8, 4) is 0 Å². The molecule has 0 radical (unpaired) electrons. The summed E-state index contributed by atoms with van der Waals surface area (Å²) in [4.78, 5) is 19.7. The van der Waals surface area contributed by atoms with Crippen LogP contribution in [0.25, 0.3) is 0 Å². The maximum absolute atomic E-state index is 11.0. The summed E-state index contributed by atoms with van der Waals surface area (Å²) in [5, 5.41) is 9.11. The summed E-state index contributed by atoms with van der Waals surface area (Å²) in [7, 11) is 0. The Morgan fingerprint density at radius 3 is 2.40 bits per heavy atom. The third kappa shape index (κ3) is 4.77. The van der Waals surface area contributed by atoms with E-state index in [1.54, 1.807) is 12.3 Å². The van der Waals surface area contributed by atoms with Gasteiger partial charge in [0.2, 0.25) is 11.9 Å². The first-order valence-electron chi connectivity index (χ1n) is 7.59. The van der Waals surface area contributed by atoms with Crippen molar-refractivity contribution in [2.75, 3.05) is 16.0 Å². The first-order chi connectivity index (χ1) is 12.1. The minimum absolute atomic E-state index is 0.0979. The summed E-state index contributed by atoms with van der Waals surface area (Å²) in [5.41, 5.74) is 2.50. The second-order valence-electron chi connectivity index (χ2n) is 5.25. The largest absolute Gasteiger partial charge is 0.340 e. The van der Waals surface area contributed by atoms with E-state index in [9.17, 15) is 4.79 Å². The van der Waals surface area contributed by atoms with Crippen molar-refractivity contribution in [3.63, 3.8) is 0 Å². The lowest BCUT2D eigenvalue weighted by molar-refractivity contribution is -0.114. The fraction of sp³-hybridized carbons (Fsp3) is 0.0556. The van der Waals surface area contributed by atoms with E-state index in [-0.39, 0.29) is 5.91 Å². The second kappa shape index (κ2) is 7.76. The third-order valence-corrected chi connectivity index (χ3v) is 3.95. The van der Waals surface area contributed by atoms with Crippen LogP contribution in [0.5, 0.6) is 0 Å². The third-order valence-electron chi connectivity index (χ3n) is 3.25. The number of hydrogen-bond acceptors (Lipinski definition) is 5. The van der Waals surface area contributed by atoms with E-state index in [1.807, 2.05) is 48.5 Å². The van der Waals surface area contributed by atoms with Gasteiger partial charge in [-0.25, -0.2) is 4.98 Å². The fourth-order valence-electron chi connectivity index (χ4n) is 2.16. The molecule has 0 aliphatic carbocycles. The Bertz CT molecular complexity index is 883. The van der Waals surface area contributed by atoms with Crippen LogP contribution in [0.4, 0.5) is 28.8 Å². The highest BCUT2D eigenvalue weighted by Crippen LogP contribution is 2.24. The van der Waals surface area contributed by atoms with Crippen molar-refractivity contribution >= 4 is 50.7 Å². The number of carbonyl (C=O) groups is 1. The number of amides is 1. The van der Waals surface area contributed by atoms with Gasteiger partial charge in [0.05, 0.1) is 5.69 Å². The fourth-order valence-corrected chi connectivity index (χ4v) is 2.54. The summed E-state index contributed by atoms with van der Waals surface area (Å²) in [5.74, 6) is 1.06. The number of nitrogens with one attached hydrogen (secondary N) is 3. The molecule has 3 N–H and O–H groups in total. The zero-order valence-electron chi connectivity index (χ0n) is 13.5. The Morgan fingerprint density at radius 2 is 1.68 bits per heavy atom. The number of aromatic nitrogens is 2. The van der Waals surface area contributed by atoms with Crippen molar-refractivity contribution in [3.05, 3.63) is 65.3 Å². The molecule has 0 aliphatic heterocycles. The van der Waals surface area contributed by atoms with Crippen molar-refractivity contribution in [1.29, 1.82) is 0 Å². The van der Waals surface area contributed by atoms with E-state index in [2.05, 4.69) is 41.8 Å². The van der Waals surface area contributed by atoms with Crippen LogP contribution in [0.1, 0.15) is 6.92 Å². The molecule has 1 heterocycles. The van der Waals surface area contributed by atoms with E-state index in [0.717, 1.165) is 21.5 Å². The summed E-state index contributed by atoms with van der Waals surface area (Å²) in [6.45, 7) is 1.48. The summed E-state index contributed by atoms with van der Waals surface area (Å²) < 4.78 is 0.936. The van der Waals surface area contributed by atoms with Gasteiger partial charge in [0.15, 0.2) is 0 Å². The molecule has 7 heteroatoms. The molecule has 0 aliphatic rings. The maximum atomic E-state index is 11.0. The maximum Gasteiger partial charge on any atom is 0.229 e. The molecule has 126 valence electrons. The van der Waals surface area contributed by atoms with Crippen LogP contribution in [0.3, 0.4) is 0 Å². The highest BCUT2D eigenvalue weighted by molar-refractivity contribution is 9.10. The van der Waals surface area contributed by atoms with E-state index < -0.39 is 0 Å². The molecular weight excluding hydrogens is 382 g/mol. The van der Waals surface area contributed by atoms with Gasteiger partial charge in [0, 0.05) is 29.0 Å². The van der Waals surface area contributed by atoms with Gasteiger partial charge in [0.25, 0.3) is 0 Å². The number of anilines is 5. The average Bonchev–Trinajstić information content (AvgIpc) is 2.59. The Balaban J connectivity index is 1.71. The van der Waals surface area contributed by atoms with E-state index in [0.29, 0.717) is 11.8 Å². The molecule has 0 fully saturated rings. The molecule has 25 heavy (non-hydrogen) atoms.